The fourth-order valence-corrected chi connectivity index (χ4v) is 1.05. The summed E-state index contributed by atoms with van der Waals surface area (Å²) in [6.45, 7) is 2.24. The maximum Gasteiger partial charge on any atom is 0.226 e. The van der Waals surface area contributed by atoms with Crippen LogP contribution in [-0.2, 0) is 9.53 Å². The molecular formula is C7H12O3. The van der Waals surface area contributed by atoms with Gasteiger partial charge in [0.05, 0.1) is 6.61 Å². The Morgan fingerprint density at radius 2 is 2.50 bits per heavy atom. The third kappa shape index (κ3) is 1.20. The van der Waals surface area contributed by atoms with E-state index < -0.39 is 5.79 Å². The zero-order valence-corrected chi connectivity index (χ0v) is 6.09. The van der Waals surface area contributed by atoms with E-state index in [0.29, 0.717) is 19.4 Å². The van der Waals surface area contributed by atoms with Crippen LogP contribution in [0.25, 0.3) is 0 Å². The molecule has 1 fully saturated rings. The lowest BCUT2D eigenvalue weighted by Crippen LogP contribution is -2.44. The molecule has 0 bridgehead atoms. The summed E-state index contributed by atoms with van der Waals surface area (Å²) >= 11 is 0. The van der Waals surface area contributed by atoms with Crippen LogP contribution in [-0.4, -0.2) is 23.3 Å². The highest BCUT2D eigenvalue weighted by molar-refractivity contribution is 5.85. The summed E-state index contributed by atoms with van der Waals surface area (Å²) in [5.74, 6) is -1.64. The minimum Gasteiger partial charge on any atom is -0.360 e. The van der Waals surface area contributed by atoms with E-state index in [-0.39, 0.29) is 5.78 Å². The van der Waals surface area contributed by atoms with Gasteiger partial charge in [-0.25, -0.2) is 0 Å². The van der Waals surface area contributed by atoms with Gasteiger partial charge < -0.3 is 9.84 Å². The Hall–Kier alpha value is -0.410. The molecule has 0 radical (unpaired) electrons. The zero-order chi connectivity index (χ0) is 7.61. The number of hydrogen-bond donors (Lipinski definition) is 1. The Labute approximate surface area is 60.0 Å². The molecule has 1 aliphatic heterocycles. The standard InChI is InChI=1S/C7H12O3/c1-2-7(9)6(8)4-3-5-10-7/h9H,2-5H2,1H3. The molecule has 1 rings (SSSR count). The van der Waals surface area contributed by atoms with Crippen molar-refractivity contribution in [3.8, 4) is 0 Å². The van der Waals surface area contributed by atoms with Crippen molar-refractivity contribution in [2.75, 3.05) is 6.61 Å². The molecule has 1 N–H and O–H groups in total. The lowest BCUT2D eigenvalue weighted by Gasteiger charge is -2.29. The highest BCUT2D eigenvalue weighted by Gasteiger charge is 2.36. The normalized spacial score (nSPS) is 34.4. The van der Waals surface area contributed by atoms with Crippen LogP contribution in [0.5, 0.6) is 0 Å². The van der Waals surface area contributed by atoms with Crippen LogP contribution in [0.4, 0.5) is 0 Å². The number of rotatable bonds is 1. The van der Waals surface area contributed by atoms with Gasteiger partial charge >= 0.3 is 0 Å². The van der Waals surface area contributed by atoms with Crippen LogP contribution in [0.15, 0.2) is 0 Å². The van der Waals surface area contributed by atoms with Crippen molar-refractivity contribution >= 4 is 5.78 Å². The number of carbonyl (C=O) groups excluding carboxylic acids is 1. The molecule has 0 amide bonds. The topological polar surface area (TPSA) is 46.5 Å². The van der Waals surface area contributed by atoms with Gasteiger partial charge in [-0.3, -0.25) is 4.79 Å². The molecule has 0 aliphatic carbocycles. The first kappa shape index (κ1) is 7.69. The van der Waals surface area contributed by atoms with Crippen LogP contribution >= 0.6 is 0 Å². The van der Waals surface area contributed by atoms with E-state index in [9.17, 15) is 9.90 Å². The van der Waals surface area contributed by atoms with E-state index in [4.69, 9.17) is 4.74 Å². The van der Waals surface area contributed by atoms with E-state index in [1.165, 1.54) is 0 Å². The van der Waals surface area contributed by atoms with Gasteiger partial charge in [0.1, 0.15) is 0 Å². The van der Waals surface area contributed by atoms with Crippen molar-refractivity contribution in [1.29, 1.82) is 0 Å². The monoisotopic (exact) mass is 144 g/mol. The second-order valence-electron chi connectivity index (χ2n) is 2.51. The van der Waals surface area contributed by atoms with Gasteiger partial charge in [0.15, 0.2) is 5.78 Å². The van der Waals surface area contributed by atoms with Crippen molar-refractivity contribution < 1.29 is 14.6 Å². The maximum absolute atomic E-state index is 11.0. The van der Waals surface area contributed by atoms with Crippen LogP contribution in [0.3, 0.4) is 0 Å². The number of ether oxygens (including phenoxy) is 1. The molecule has 0 aromatic heterocycles. The third-order valence-electron chi connectivity index (χ3n) is 1.80. The Morgan fingerprint density at radius 3 is 2.90 bits per heavy atom. The molecule has 58 valence electrons. The molecule has 1 saturated heterocycles. The van der Waals surface area contributed by atoms with Gasteiger partial charge in [-0.2, -0.15) is 0 Å². The SMILES string of the molecule is CCC1(O)OCCCC1=O. The van der Waals surface area contributed by atoms with E-state index >= 15 is 0 Å². The molecule has 0 saturated carbocycles. The smallest absolute Gasteiger partial charge is 0.226 e. The van der Waals surface area contributed by atoms with Gasteiger partial charge in [-0.05, 0) is 6.42 Å². The van der Waals surface area contributed by atoms with Gasteiger partial charge in [-0.15, -0.1) is 0 Å². The predicted octanol–water partition coefficient (Wildman–Crippen LogP) is 0.464. The number of ketones is 1. The highest BCUT2D eigenvalue weighted by atomic mass is 16.6. The van der Waals surface area contributed by atoms with Crippen LogP contribution in [0.1, 0.15) is 26.2 Å². The minimum absolute atomic E-state index is 0.179. The Balaban J connectivity index is 2.63. The molecule has 0 aromatic rings. The van der Waals surface area contributed by atoms with E-state index in [0.717, 1.165) is 6.42 Å². The average Bonchev–Trinajstić information content (AvgIpc) is 1.96. The quantitative estimate of drug-likeness (QED) is 0.581. The molecular weight excluding hydrogens is 132 g/mol. The van der Waals surface area contributed by atoms with Gasteiger partial charge in [0.25, 0.3) is 0 Å². The minimum atomic E-state index is -1.46. The number of Topliss-reactive ketones (excluding diaryl/α,β-unsaturated/α-hetero) is 1. The zero-order valence-electron chi connectivity index (χ0n) is 6.09. The lowest BCUT2D eigenvalue weighted by atomic mass is 10.0. The second-order valence-corrected chi connectivity index (χ2v) is 2.51. The summed E-state index contributed by atoms with van der Waals surface area (Å²) in [7, 11) is 0. The summed E-state index contributed by atoms with van der Waals surface area (Å²) in [5.41, 5.74) is 0. The van der Waals surface area contributed by atoms with Gasteiger partial charge in [0, 0.05) is 12.8 Å². The van der Waals surface area contributed by atoms with Crippen LogP contribution in [0, 0.1) is 0 Å². The summed E-state index contributed by atoms with van der Waals surface area (Å²) < 4.78 is 4.93. The van der Waals surface area contributed by atoms with Crippen molar-refractivity contribution in [2.24, 2.45) is 0 Å². The van der Waals surface area contributed by atoms with Crippen molar-refractivity contribution in [2.45, 2.75) is 32.0 Å². The molecule has 1 atom stereocenters. The Kier molecular flexibility index (Phi) is 2.06. The largest absolute Gasteiger partial charge is 0.360 e. The summed E-state index contributed by atoms with van der Waals surface area (Å²) in [5, 5.41) is 9.38. The summed E-state index contributed by atoms with van der Waals surface area (Å²) in [6, 6.07) is 0. The average molecular weight is 144 g/mol. The molecule has 3 heteroatoms. The molecule has 10 heavy (non-hydrogen) atoms. The van der Waals surface area contributed by atoms with E-state index in [2.05, 4.69) is 0 Å². The van der Waals surface area contributed by atoms with Crippen LogP contribution < -0.4 is 0 Å². The maximum atomic E-state index is 11.0. The van der Waals surface area contributed by atoms with Crippen LogP contribution in [0.2, 0.25) is 0 Å². The molecule has 1 unspecified atom stereocenters. The predicted molar refractivity (Wildman–Crippen MR) is 35.4 cm³/mol. The number of carbonyl (C=O) groups is 1. The fourth-order valence-electron chi connectivity index (χ4n) is 1.05. The van der Waals surface area contributed by atoms with Crippen molar-refractivity contribution in [1.82, 2.24) is 0 Å². The fraction of sp³-hybridized carbons (Fsp3) is 0.857. The van der Waals surface area contributed by atoms with Crippen molar-refractivity contribution in [3.63, 3.8) is 0 Å². The van der Waals surface area contributed by atoms with E-state index in [1.54, 1.807) is 6.92 Å². The Bertz CT molecular complexity index is 144. The summed E-state index contributed by atoms with van der Waals surface area (Å²) in [4.78, 5) is 11.0. The highest BCUT2D eigenvalue weighted by Crippen LogP contribution is 2.21. The molecule has 0 aromatic carbocycles. The summed E-state index contributed by atoms with van der Waals surface area (Å²) in [6.07, 6.45) is 1.54. The number of hydrogen-bond acceptors (Lipinski definition) is 3. The first-order chi connectivity index (χ1) is 4.69. The number of aliphatic hydroxyl groups is 1. The lowest BCUT2D eigenvalue weighted by molar-refractivity contribution is -0.216. The molecule has 3 nitrogen and oxygen atoms in total. The Morgan fingerprint density at radius 1 is 1.80 bits per heavy atom. The first-order valence-corrected chi connectivity index (χ1v) is 3.58. The van der Waals surface area contributed by atoms with Gasteiger partial charge in [0.2, 0.25) is 5.79 Å². The molecule has 0 spiro atoms. The first-order valence-electron chi connectivity index (χ1n) is 3.58. The molecule has 1 heterocycles. The van der Waals surface area contributed by atoms with Gasteiger partial charge in [-0.1, -0.05) is 6.92 Å². The molecule has 1 aliphatic rings. The second kappa shape index (κ2) is 2.68. The van der Waals surface area contributed by atoms with Crippen molar-refractivity contribution in [3.05, 3.63) is 0 Å². The third-order valence-corrected chi connectivity index (χ3v) is 1.80. The van der Waals surface area contributed by atoms with E-state index in [1.807, 2.05) is 0 Å².